The fourth-order valence-corrected chi connectivity index (χ4v) is 1.99. The monoisotopic (exact) mass is 190 g/mol. The topological polar surface area (TPSA) is 54.4 Å². The molecule has 1 aliphatic rings. The summed E-state index contributed by atoms with van der Waals surface area (Å²) in [4.78, 5) is 22.4. The Hall–Kier alpha value is -1.64. The number of Topliss-reactive ketones (excluding diaryl/α,β-unsaturated/α-hetero) is 1. The van der Waals surface area contributed by atoms with Crippen molar-refractivity contribution in [3.05, 3.63) is 34.9 Å². The molecule has 0 radical (unpaired) electrons. The molecule has 0 spiro atoms. The molecule has 0 amide bonds. The molecule has 1 aliphatic carbocycles. The number of hydrogen-bond donors (Lipinski definition) is 1. The normalized spacial score (nSPS) is 19.5. The van der Waals surface area contributed by atoms with E-state index in [1.165, 1.54) is 0 Å². The number of ketones is 1. The van der Waals surface area contributed by atoms with Crippen LogP contribution in [0.3, 0.4) is 0 Å². The second-order valence-corrected chi connectivity index (χ2v) is 3.55. The third-order valence-corrected chi connectivity index (χ3v) is 2.66. The van der Waals surface area contributed by atoms with Gasteiger partial charge in [-0.05, 0) is 18.1 Å². The maximum absolute atomic E-state index is 11.5. The van der Waals surface area contributed by atoms with Crippen LogP contribution in [0.15, 0.2) is 18.2 Å². The van der Waals surface area contributed by atoms with E-state index in [4.69, 9.17) is 5.11 Å². The van der Waals surface area contributed by atoms with Gasteiger partial charge in [-0.3, -0.25) is 9.59 Å². The fourth-order valence-electron chi connectivity index (χ4n) is 1.99. The van der Waals surface area contributed by atoms with Crippen molar-refractivity contribution in [3.8, 4) is 0 Å². The first-order valence-electron chi connectivity index (χ1n) is 4.47. The molecule has 2 rings (SSSR count). The number of hydrogen-bond acceptors (Lipinski definition) is 2. The van der Waals surface area contributed by atoms with E-state index in [0.29, 0.717) is 11.1 Å². The molecule has 0 saturated carbocycles. The number of carbonyl (C=O) groups is 2. The predicted molar refractivity (Wildman–Crippen MR) is 50.5 cm³/mol. The van der Waals surface area contributed by atoms with Crippen LogP contribution in [0.1, 0.15) is 33.8 Å². The number of aliphatic carboxylic acids is 1. The van der Waals surface area contributed by atoms with E-state index in [9.17, 15) is 9.59 Å². The van der Waals surface area contributed by atoms with Crippen molar-refractivity contribution >= 4 is 11.8 Å². The maximum Gasteiger partial charge on any atom is 0.311 e. The standard InChI is InChI=1S/C11H10O3/c1-6-3-2-4-7-9(12)5-8(10(6)7)11(13)14/h2-4,8H,5H2,1H3,(H,13,14)/t8-/m1/s1. The zero-order valence-electron chi connectivity index (χ0n) is 7.78. The number of benzene rings is 1. The van der Waals surface area contributed by atoms with Crippen LogP contribution < -0.4 is 0 Å². The zero-order chi connectivity index (χ0) is 10.3. The van der Waals surface area contributed by atoms with E-state index < -0.39 is 11.9 Å². The van der Waals surface area contributed by atoms with Crippen molar-refractivity contribution in [2.45, 2.75) is 19.3 Å². The molecule has 0 bridgehead atoms. The van der Waals surface area contributed by atoms with Crippen LogP contribution in [0.25, 0.3) is 0 Å². The minimum absolute atomic E-state index is 0.0592. The minimum atomic E-state index is -0.911. The van der Waals surface area contributed by atoms with Crippen LogP contribution in [0.2, 0.25) is 0 Å². The van der Waals surface area contributed by atoms with Gasteiger partial charge in [-0.1, -0.05) is 18.2 Å². The van der Waals surface area contributed by atoms with Crippen LogP contribution in [0, 0.1) is 6.92 Å². The van der Waals surface area contributed by atoms with Crippen LogP contribution in [0.4, 0.5) is 0 Å². The Morgan fingerprint density at radius 2 is 2.21 bits per heavy atom. The molecule has 1 atom stereocenters. The number of carboxylic acids is 1. The van der Waals surface area contributed by atoms with Gasteiger partial charge in [-0.15, -0.1) is 0 Å². The second kappa shape index (κ2) is 2.94. The summed E-state index contributed by atoms with van der Waals surface area (Å²) in [7, 11) is 0. The quantitative estimate of drug-likeness (QED) is 0.733. The van der Waals surface area contributed by atoms with Gasteiger partial charge >= 0.3 is 5.97 Å². The average Bonchev–Trinajstić information content (AvgIpc) is 2.46. The van der Waals surface area contributed by atoms with E-state index in [1.54, 1.807) is 12.1 Å². The number of carbonyl (C=O) groups excluding carboxylic acids is 1. The number of rotatable bonds is 1. The largest absolute Gasteiger partial charge is 0.481 e. The van der Waals surface area contributed by atoms with Gasteiger partial charge in [0.25, 0.3) is 0 Å². The van der Waals surface area contributed by atoms with E-state index in [1.807, 2.05) is 13.0 Å². The highest BCUT2D eigenvalue weighted by molar-refractivity contribution is 6.06. The first-order chi connectivity index (χ1) is 6.61. The summed E-state index contributed by atoms with van der Waals surface area (Å²) in [6, 6.07) is 5.33. The molecule has 1 aromatic carbocycles. The highest BCUT2D eigenvalue weighted by Crippen LogP contribution is 2.35. The van der Waals surface area contributed by atoms with E-state index in [2.05, 4.69) is 0 Å². The summed E-state index contributed by atoms with van der Waals surface area (Å²) in [5.74, 6) is -1.61. The molecule has 0 saturated heterocycles. The van der Waals surface area contributed by atoms with Crippen LogP contribution in [-0.2, 0) is 4.79 Å². The highest BCUT2D eigenvalue weighted by Gasteiger charge is 2.35. The van der Waals surface area contributed by atoms with Gasteiger partial charge in [-0.25, -0.2) is 0 Å². The van der Waals surface area contributed by atoms with Crippen LogP contribution in [-0.4, -0.2) is 16.9 Å². The van der Waals surface area contributed by atoms with Gasteiger partial charge in [0.1, 0.15) is 0 Å². The van der Waals surface area contributed by atoms with Crippen molar-refractivity contribution in [1.82, 2.24) is 0 Å². The highest BCUT2D eigenvalue weighted by atomic mass is 16.4. The Morgan fingerprint density at radius 1 is 1.50 bits per heavy atom. The van der Waals surface area contributed by atoms with Gasteiger partial charge in [0.2, 0.25) is 0 Å². The number of fused-ring (bicyclic) bond motifs is 1. The lowest BCUT2D eigenvalue weighted by molar-refractivity contribution is -0.138. The molecule has 0 heterocycles. The Kier molecular flexibility index (Phi) is 1.88. The molecule has 1 N–H and O–H groups in total. The van der Waals surface area contributed by atoms with Gasteiger partial charge in [0.15, 0.2) is 5.78 Å². The zero-order valence-corrected chi connectivity index (χ0v) is 7.78. The summed E-state index contributed by atoms with van der Waals surface area (Å²) in [5, 5.41) is 8.95. The van der Waals surface area contributed by atoms with Crippen LogP contribution >= 0.6 is 0 Å². The first kappa shape index (κ1) is 8.94. The number of aryl methyl sites for hydroxylation is 1. The molecule has 14 heavy (non-hydrogen) atoms. The third-order valence-electron chi connectivity index (χ3n) is 2.66. The molecule has 0 fully saturated rings. The van der Waals surface area contributed by atoms with Crippen molar-refractivity contribution in [2.24, 2.45) is 0 Å². The second-order valence-electron chi connectivity index (χ2n) is 3.55. The van der Waals surface area contributed by atoms with Gasteiger partial charge in [0.05, 0.1) is 5.92 Å². The molecule has 0 unspecified atom stereocenters. The molecule has 0 aromatic heterocycles. The van der Waals surface area contributed by atoms with Crippen molar-refractivity contribution in [1.29, 1.82) is 0 Å². The molecular formula is C11H10O3. The van der Waals surface area contributed by atoms with Gasteiger partial charge in [0, 0.05) is 12.0 Å². The summed E-state index contributed by atoms with van der Waals surface area (Å²) >= 11 is 0. The SMILES string of the molecule is Cc1cccc2c1[C@H](C(=O)O)CC2=O. The lowest BCUT2D eigenvalue weighted by Crippen LogP contribution is -2.09. The molecular weight excluding hydrogens is 180 g/mol. The van der Waals surface area contributed by atoms with Gasteiger partial charge < -0.3 is 5.11 Å². The van der Waals surface area contributed by atoms with Gasteiger partial charge in [-0.2, -0.15) is 0 Å². The smallest absolute Gasteiger partial charge is 0.311 e. The Labute approximate surface area is 81.4 Å². The van der Waals surface area contributed by atoms with Crippen molar-refractivity contribution in [3.63, 3.8) is 0 Å². The summed E-state index contributed by atoms with van der Waals surface area (Å²) in [6.07, 6.45) is 0.107. The molecule has 0 aliphatic heterocycles. The summed E-state index contributed by atoms with van der Waals surface area (Å²) < 4.78 is 0. The first-order valence-corrected chi connectivity index (χ1v) is 4.47. The lowest BCUT2D eigenvalue weighted by atomic mass is 9.97. The van der Waals surface area contributed by atoms with Crippen LogP contribution in [0.5, 0.6) is 0 Å². The number of carboxylic acid groups (broad SMARTS) is 1. The van der Waals surface area contributed by atoms with E-state index in [-0.39, 0.29) is 12.2 Å². The molecule has 72 valence electrons. The molecule has 3 heteroatoms. The van der Waals surface area contributed by atoms with E-state index in [0.717, 1.165) is 5.56 Å². The minimum Gasteiger partial charge on any atom is -0.481 e. The summed E-state index contributed by atoms with van der Waals surface area (Å²) in [5.41, 5.74) is 2.17. The fraction of sp³-hybridized carbons (Fsp3) is 0.273. The molecule has 1 aromatic rings. The van der Waals surface area contributed by atoms with E-state index >= 15 is 0 Å². The Morgan fingerprint density at radius 3 is 2.86 bits per heavy atom. The molecule has 3 nitrogen and oxygen atoms in total. The maximum atomic E-state index is 11.5. The van der Waals surface area contributed by atoms with Crippen molar-refractivity contribution in [2.75, 3.05) is 0 Å². The third kappa shape index (κ3) is 1.13. The Balaban J connectivity index is 2.62. The van der Waals surface area contributed by atoms with Crippen molar-refractivity contribution < 1.29 is 14.7 Å². The lowest BCUT2D eigenvalue weighted by Gasteiger charge is -2.07. The average molecular weight is 190 g/mol. The predicted octanol–water partition coefficient (Wildman–Crippen LogP) is 1.75. The Bertz CT molecular complexity index is 421. The summed E-state index contributed by atoms with van der Waals surface area (Å²) in [6.45, 7) is 1.84.